The van der Waals surface area contributed by atoms with E-state index < -0.39 is 15.7 Å². The van der Waals surface area contributed by atoms with E-state index in [9.17, 15) is 18.0 Å². The van der Waals surface area contributed by atoms with Gasteiger partial charge in [-0.1, -0.05) is 12.1 Å². The van der Waals surface area contributed by atoms with Crippen molar-refractivity contribution in [2.24, 2.45) is 0 Å². The third-order valence-corrected chi connectivity index (χ3v) is 5.37. The zero-order valence-corrected chi connectivity index (χ0v) is 17.5. The van der Waals surface area contributed by atoms with Gasteiger partial charge in [0.15, 0.2) is 21.3 Å². The summed E-state index contributed by atoms with van der Waals surface area (Å²) in [5.41, 5.74) is 1.08. The van der Waals surface area contributed by atoms with Crippen molar-refractivity contribution >= 4 is 21.7 Å². The van der Waals surface area contributed by atoms with Crippen LogP contribution in [-0.2, 0) is 14.6 Å². The molecule has 0 aliphatic carbocycles. The van der Waals surface area contributed by atoms with Crippen molar-refractivity contribution < 1.29 is 27.5 Å². The summed E-state index contributed by atoms with van der Waals surface area (Å²) < 4.78 is 33.3. The Labute approximate surface area is 170 Å². The fourth-order valence-electron chi connectivity index (χ4n) is 2.62. The number of ether oxygens (including phenoxy) is 2. The molecule has 2 aromatic rings. The summed E-state index contributed by atoms with van der Waals surface area (Å²) in [7, 11) is -0.307. The Hall–Kier alpha value is -3.07. The van der Waals surface area contributed by atoms with Crippen LogP contribution < -0.4 is 20.1 Å². The Bertz CT molecular complexity index is 987. The Morgan fingerprint density at radius 3 is 2.17 bits per heavy atom. The average Bonchev–Trinajstić information content (AvgIpc) is 2.70. The quantitative estimate of drug-likeness (QED) is 0.673. The van der Waals surface area contributed by atoms with Gasteiger partial charge in [0.25, 0.3) is 5.91 Å². The molecule has 0 saturated carbocycles. The lowest BCUT2D eigenvalue weighted by molar-refractivity contribution is -0.120. The fourth-order valence-corrected chi connectivity index (χ4v) is 3.25. The minimum atomic E-state index is -3.27. The summed E-state index contributed by atoms with van der Waals surface area (Å²) >= 11 is 0. The SMILES string of the molecule is COc1ccc(C(=O)NCC(=O)N[C@H](C)c2ccc(S(C)(=O)=O)cc2)cc1OC. The molecule has 29 heavy (non-hydrogen) atoms. The summed E-state index contributed by atoms with van der Waals surface area (Å²) in [4.78, 5) is 24.6. The van der Waals surface area contributed by atoms with Crippen LogP contribution >= 0.6 is 0 Å². The van der Waals surface area contributed by atoms with Crippen LogP contribution in [0.3, 0.4) is 0 Å². The minimum absolute atomic E-state index is 0.209. The van der Waals surface area contributed by atoms with E-state index >= 15 is 0 Å². The third-order valence-electron chi connectivity index (χ3n) is 4.24. The van der Waals surface area contributed by atoms with Gasteiger partial charge in [0.2, 0.25) is 5.91 Å². The largest absolute Gasteiger partial charge is 0.493 e. The van der Waals surface area contributed by atoms with Crippen LogP contribution in [-0.4, -0.2) is 47.3 Å². The number of sulfone groups is 1. The fraction of sp³-hybridized carbons (Fsp3) is 0.300. The maximum Gasteiger partial charge on any atom is 0.251 e. The number of nitrogens with one attached hydrogen (secondary N) is 2. The van der Waals surface area contributed by atoms with Gasteiger partial charge in [0, 0.05) is 11.8 Å². The van der Waals surface area contributed by atoms with E-state index in [4.69, 9.17) is 9.47 Å². The standard InChI is InChI=1S/C20H24N2O6S/c1-13(14-5-8-16(9-6-14)29(4,25)26)22-19(23)12-21-20(24)15-7-10-17(27-2)18(11-15)28-3/h5-11,13H,12H2,1-4H3,(H,21,24)(H,22,23)/t13-/m1/s1. The van der Waals surface area contributed by atoms with Crippen molar-refractivity contribution in [3.63, 3.8) is 0 Å². The van der Waals surface area contributed by atoms with Gasteiger partial charge in [-0.05, 0) is 42.8 Å². The van der Waals surface area contributed by atoms with E-state index in [1.165, 1.54) is 32.4 Å². The lowest BCUT2D eigenvalue weighted by atomic mass is 10.1. The molecule has 156 valence electrons. The van der Waals surface area contributed by atoms with Crippen LogP contribution in [0.2, 0.25) is 0 Å². The zero-order chi connectivity index (χ0) is 21.6. The van der Waals surface area contributed by atoms with E-state index in [1.807, 2.05) is 0 Å². The van der Waals surface area contributed by atoms with E-state index in [2.05, 4.69) is 10.6 Å². The number of hydrogen-bond donors (Lipinski definition) is 2. The second kappa shape index (κ2) is 9.42. The van der Waals surface area contributed by atoms with Crippen LogP contribution in [0.4, 0.5) is 0 Å². The van der Waals surface area contributed by atoms with Crippen LogP contribution in [0.1, 0.15) is 28.9 Å². The van der Waals surface area contributed by atoms with Gasteiger partial charge in [-0.3, -0.25) is 9.59 Å². The topological polar surface area (TPSA) is 111 Å². The molecule has 1 atom stereocenters. The Morgan fingerprint density at radius 1 is 1.00 bits per heavy atom. The van der Waals surface area contributed by atoms with Gasteiger partial charge in [0.1, 0.15) is 0 Å². The summed E-state index contributed by atoms with van der Waals surface area (Å²) in [6, 6.07) is 10.6. The molecule has 2 rings (SSSR count). The van der Waals surface area contributed by atoms with Crippen molar-refractivity contribution in [3.8, 4) is 11.5 Å². The van der Waals surface area contributed by atoms with Crippen molar-refractivity contribution in [2.75, 3.05) is 27.0 Å². The molecule has 0 bridgehead atoms. The first-order valence-corrected chi connectivity index (χ1v) is 10.6. The number of methoxy groups -OCH3 is 2. The second-order valence-electron chi connectivity index (χ2n) is 6.38. The molecule has 2 aromatic carbocycles. The molecular weight excluding hydrogens is 396 g/mol. The molecule has 9 heteroatoms. The molecule has 0 radical (unpaired) electrons. The predicted molar refractivity (Wildman–Crippen MR) is 108 cm³/mol. The van der Waals surface area contributed by atoms with E-state index in [-0.39, 0.29) is 23.4 Å². The lowest BCUT2D eigenvalue weighted by Gasteiger charge is -2.15. The molecule has 0 unspecified atom stereocenters. The van der Waals surface area contributed by atoms with Crippen LogP contribution in [0.15, 0.2) is 47.4 Å². The maximum absolute atomic E-state index is 12.3. The minimum Gasteiger partial charge on any atom is -0.493 e. The number of amides is 2. The van der Waals surface area contributed by atoms with Crippen molar-refractivity contribution in [1.82, 2.24) is 10.6 Å². The lowest BCUT2D eigenvalue weighted by Crippen LogP contribution is -2.38. The number of benzene rings is 2. The number of rotatable bonds is 8. The van der Waals surface area contributed by atoms with Crippen molar-refractivity contribution in [1.29, 1.82) is 0 Å². The van der Waals surface area contributed by atoms with E-state index in [0.29, 0.717) is 17.1 Å². The predicted octanol–water partition coefficient (Wildman–Crippen LogP) is 1.71. The first-order valence-electron chi connectivity index (χ1n) is 8.75. The zero-order valence-electron chi connectivity index (χ0n) is 16.7. The van der Waals surface area contributed by atoms with E-state index in [1.54, 1.807) is 31.2 Å². The molecule has 8 nitrogen and oxygen atoms in total. The molecular formula is C20H24N2O6S. The summed E-state index contributed by atoms with van der Waals surface area (Å²) in [5, 5.41) is 5.30. The Balaban J connectivity index is 1.93. The highest BCUT2D eigenvalue weighted by atomic mass is 32.2. The molecule has 0 aliphatic heterocycles. The van der Waals surface area contributed by atoms with Gasteiger partial charge in [-0.2, -0.15) is 0 Å². The summed E-state index contributed by atoms with van der Waals surface area (Å²) in [6.07, 6.45) is 1.13. The molecule has 0 spiro atoms. The van der Waals surface area contributed by atoms with Gasteiger partial charge >= 0.3 is 0 Å². The van der Waals surface area contributed by atoms with Gasteiger partial charge in [-0.25, -0.2) is 8.42 Å². The highest BCUT2D eigenvalue weighted by Gasteiger charge is 2.14. The maximum atomic E-state index is 12.3. The molecule has 2 N–H and O–H groups in total. The van der Waals surface area contributed by atoms with Crippen molar-refractivity contribution in [3.05, 3.63) is 53.6 Å². The first-order chi connectivity index (χ1) is 13.7. The molecule has 0 saturated heterocycles. The molecule has 0 aliphatic rings. The number of carbonyl (C=O) groups is 2. The third kappa shape index (κ3) is 5.95. The molecule has 0 fully saturated rings. The van der Waals surface area contributed by atoms with Crippen LogP contribution in [0.25, 0.3) is 0 Å². The van der Waals surface area contributed by atoms with Gasteiger partial charge in [0.05, 0.1) is 31.7 Å². The Morgan fingerprint density at radius 2 is 1.62 bits per heavy atom. The van der Waals surface area contributed by atoms with Crippen molar-refractivity contribution in [2.45, 2.75) is 17.9 Å². The highest BCUT2D eigenvalue weighted by Crippen LogP contribution is 2.27. The second-order valence-corrected chi connectivity index (χ2v) is 8.40. The number of carbonyl (C=O) groups excluding carboxylic acids is 2. The normalized spacial score (nSPS) is 12.0. The van der Waals surface area contributed by atoms with Gasteiger partial charge < -0.3 is 20.1 Å². The van der Waals surface area contributed by atoms with E-state index in [0.717, 1.165) is 11.8 Å². The van der Waals surface area contributed by atoms with Crippen LogP contribution in [0.5, 0.6) is 11.5 Å². The van der Waals surface area contributed by atoms with Crippen LogP contribution in [0, 0.1) is 0 Å². The Kier molecular flexibility index (Phi) is 7.22. The highest BCUT2D eigenvalue weighted by molar-refractivity contribution is 7.90. The summed E-state index contributed by atoms with van der Waals surface area (Å²) in [6.45, 7) is 1.56. The smallest absolute Gasteiger partial charge is 0.251 e. The molecule has 0 aromatic heterocycles. The van der Waals surface area contributed by atoms with Gasteiger partial charge in [-0.15, -0.1) is 0 Å². The number of hydrogen-bond acceptors (Lipinski definition) is 6. The summed E-state index contributed by atoms with van der Waals surface area (Å²) in [5.74, 6) is 0.109. The average molecular weight is 420 g/mol. The monoisotopic (exact) mass is 420 g/mol. The molecule has 2 amide bonds. The molecule has 0 heterocycles. The first kappa shape index (κ1) is 22.2.